The van der Waals surface area contributed by atoms with E-state index in [0.29, 0.717) is 23.3 Å². The lowest BCUT2D eigenvalue weighted by Crippen LogP contribution is -2.30. The van der Waals surface area contributed by atoms with Crippen LogP contribution < -0.4 is 14.8 Å². The van der Waals surface area contributed by atoms with Crippen molar-refractivity contribution in [1.82, 2.24) is 0 Å². The first kappa shape index (κ1) is 16.5. The van der Waals surface area contributed by atoms with Gasteiger partial charge in [-0.2, -0.15) is 0 Å². The van der Waals surface area contributed by atoms with Gasteiger partial charge in [-0.3, -0.25) is 9.59 Å². The number of halogens is 1. The Morgan fingerprint density at radius 2 is 1.96 bits per heavy atom. The number of para-hydroxylation sites is 1. The van der Waals surface area contributed by atoms with Crippen LogP contribution in [-0.4, -0.2) is 25.4 Å². The molecule has 5 nitrogen and oxygen atoms in total. The Balaban J connectivity index is 2.09. The Hall–Kier alpha value is -2.89. The molecule has 2 rings (SSSR count). The molecule has 0 aromatic heterocycles. The molecule has 0 bridgehead atoms. The van der Waals surface area contributed by atoms with Crippen molar-refractivity contribution in [2.24, 2.45) is 0 Å². The highest BCUT2D eigenvalue weighted by Crippen LogP contribution is 2.28. The van der Waals surface area contributed by atoms with E-state index >= 15 is 0 Å². The Kier molecular flexibility index (Phi) is 5.30. The Labute approximate surface area is 133 Å². The minimum absolute atomic E-state index is 0.0798. The molecule has 1 N–H and O–H groups in total. The molecular weight excluding hydrogens is 301 g/mol. The molecule has 0 aliphatic heterocycles. The average Bonchev–Trinajstić information content (AvgIpc) is 2.57. The van der Waals surface area contributed by atoms with Crippen LogP contribution >= 0.6 is 0 Å². The molecule has 2 aromatic carbocycles. The number of anilines is 1. The Morgan fingerprint density at radius 3 is 2.61 bits per heavy atom. The molecule has 0 aliphatic rings. The molecule has 1 atom stereocenters. The number of ether oxygens (including phenoxy) is 2. The lowest BCUT2D eigenvalue weighted by Gasteiger charge is -2.17. The third-order valence-electron chi connectivity index (χ3n) is 3.13. The first-order valence-corrected chi connectivity index (χ1v) is 6.90. The number of amides is 1. The molecule has 120 valence electrons. The molecule has 0 fully saturated rings. The minimum Gasteiger partial charge on any atom is -0.493 e. The molecule has 6 heteroatoms. The van der Waals surface area contributed by atoms with E-state index in [4.69, 9.17) is 9.47 Å². The molecule has 0 saturated carbocycles. The van der Waals surface area contributed by atoms with Gasteiger partial charge in [0.05, 0.1) is 12.8 Å². The van der Waals surface area contributed by atoms with Crippen LogP contribution in [-0.2, 0) is 4.79 Å². The molecule has 2 aromatic rings. The third-order valence-corrected chi connectivity index (χ3v) is 3.13. The van der Waals surface area contributed by atoms with E-state index in [9.17, 15) is 14.0 Å². The second-order valence-electron chi connectivity index (χ2n) is 4.76. The van der Waals surface area contributed by atoms with Gasteiger partial charge in [0.15, 0.2) is 17.6 Å². The van der Waals surface area contributed by atoms with Crippen LogP contribution in [0.1, 0.15) is 17.3 Å². The number of hydrogen-bond donors (Lipinski definition) is 1. The monoisotopic (exact) mass is 317 g/mol. The number of carbonyl (C=O) groups is 2. The first-order valence-electron chi connectivity index (χ1n) is 6.90. The quantitative estimate of drug-likeness (QED) is 0.832. The van der Waals surface area contributed by atoms with Crippen molar-refractivity contribution in [3.63, 3.8) is 0 Å². The number of hydrogen-bond acceptors (Lipinski definition) is 4. The molecule has 23 heavy (non-hydrogen) atoms. The lowest BCUT2D eigenvalue weighted by atomic mass is 10.2. The van der Waals surface area contributed by atoms with Crippen molar-refractivity contribution in [3.05, 3.63) is 53.8 Å². The minimum atomic E-state index is -0.884. The summed E-state index contributed by atoms with van der Waals surface area (Å²) in [6.45, 7) is 1.53. The van der Waals surface area contributed by atoms with Crippen molar-refractivity contribution >= 4 is 17.9 Å². The fraction of sp³-hybridized carbons (Fsp3) is 0.176. The van der Waals surface area contributed by atoms with E-state index in [1.54, 1.807) is 12.1 Å². The summed E-state index contributed by atoms with van der Waals surface area (Å²) < 4.78 is 24.2. The van der Waals surface area contributed by atoms with Gasteiger partial charge in [-0.05, 0) is 37.3 Å². The largest absolute Gasteiger partial charge is 0.493 e. The summed E-state index contributed by atoms with van der Waals surface area (Å²) in [5, 5.41) is 2.45. The van der Waals surface area contributed by atoms with E-state index in [2.05, 4.69) is 5.32 Å². The van der Waals surface area contributed by atoms with Gasteiger partial charge in [0.1, 0.15) is 12.1 Å². The highest BCUT2D eigenvalue weighted by molar-refractivity contribution is 5.94. The number of benzene rings is 2. The third kappa shape index (κ3) is 4.06. The highest BCUT2D eigenvalue weighted by Gasteiger charge is 2.18. The maximum absolute atomic E-state index is 13.5. The highest BCUT2D eigenvalue weighted by atomic mass is 19.1. The van der Waals surface area contributed by atoms with Crippen molar-refractivity contribution in [1.29, 1.82) is 0 Å². The van der Waals surface area contributed by atoms with E-state index in [0.717, 1.165) is 0 Å². The summed E-state index contributed by atoms with van der Waals surface area (Å²) in [5.74, 6) is -0.382. The summed E-state index contributed by atoms with van der Waals surface area (Å²) >= 11 is 0. The smallest absolute Gasteiger partial charge is 0.265 e. The van der Waals surface area contributed by atoms with Crippen LogP contribution in [0, 0.1) is 5.82 Å². The summed E-state index contributed by atoms with van der Waals surface area (Å²) in [5.41, 5.74) is 0.508. The predicted molar refractivity (Wildman–Crippen MR) is 83.5 cm³/mol. The van der Waals surface area contributed by atoms with Gasteiger partial charge in [-0.1, -0.05) is 12.1 Å². The molecule has 0 saturated heterocycles. The van der Waals surface area contributed by atoms with Crippen LogP contribution in [0.3, 0.4) is 0 Å². The van der Waals surface area contributed by atoms with Gasteiger partial charge in [0, 0.05) is 5.56 Å². The van der Waals surface area contributed by atoms with Crippen LogP contribution in [0.15, 0.2) is 42.5 Å². The van der Waals surface area contributed by atoms with Crippen LogP contribution in [0.25, 0.3) is 0 Å². The molecule has 0 spiro atoms. The average molecular weight is 317 g/mol. The Morgan fingerprint density at radius 1 is 1.22 bits per heavy atom. The molecular formula is C17H16FNO4. The molecule has 0 unspecified atom stereocenters. The van der Waals surface area contributed by atoms with E-state index in [-0.39, 0.29) is 5.69 Å². The van der Waals surface area contributed by atoms with Gasteiger partial charge in [-0.25, -0.2) is 4.39 Å². The van der Waals surface area contributed by atoms with Crippen molar-refractivity contribution < 1.29 is 23.5 Å². The van der Waals surface area contributed by atoms with Crippen LogP contribution in [0.5, 0.6) is 11.5 Å². The summed E-state index contributed by atoms with van der Waals surface area (Å²) in [6, 6.07) is 10.4. The molecule has 1 amide bonds. The number of aldehydes is 1. The fourth-order valence-corrected chi connectivity index (χ4v) is 1.90. The van der Waals surface area contributed by atoms with Gasteiger partial charge in [0.25, 0.3) is 5.91 Å². The zero-order valence-electron chi connectivity index (χ0n) is 12.7. The number of nitrogens with one attached hydrogen (secondary N) is 1. The first-order chi connectivity index (χ1) is 11.0. The maximum atomic E-state index is 13.5. The van der Waals surface area contributed by atoms with Gasteiger partial charge < -0.3 is 14.8 Å². The lowest BCUT2D eigenvalue weighted by molar-refractivity contribution is -0.122. The Bertz CT molecular complexity index is 717. The topological polar surface area (TPSA) is 64.6 Å². The van der Waals surface area contributed by atoms with Crippen LogP contribution in [0.2, 0.25) is 0 Å². The number of carbonyl (C=O) groups excluding carboxylic acids is 2. The van der Waals surface area contributed by atoms with Crippen molar-refractivity contribution in [2.75, 3.05) is 12.4 Å². The van der Waals surface area contributed by atoms with E-state index in [1.807, 2.05) is 0 Å². The molecule has 0 aliphatic carbocycles. The zero-order valence-corrected chi connectivity index (χ0v) is 12.7. The SMILES string of the molecule is COc1cc(C=O)ccc1O[C@@H](C)C(=O)Nc1ccccc1F. The summed E-state index contributed by atoms with van der Waals surface area (Å²) in [4.78, 5) is 22.8. The van der Waals surface area contributed by atoms with E-state index < -0.39 is 17.8 Å². The predicted octanol–water partition coefficient (Wildman–Crippen LogP) is 3.05. The maximum Gasteiger partial charge on any atom is 0.265 e. The molecule has 0 heterocycles. The van der Waals surface area contributed by atoms with Gasteiger partial charge in [0.2, 0.25) is 0 Å². The van der Waals surface area contributed by atoms with Crippen molar-refractivity contribution in [2.45, 2.75) is 13.0 Å². The normalized spacial score (nSPS) is 11.4. The number of methoxy groups -OCH3 is 1. The standard InChI is InChI=1S/C17H16FNO4/c1-11(17(21)19-14-6-4-3-5-13(14)18)23-15-8-7-12(10-20)9-16(15)22-2/h3-11H,1-2H3,(H,19,21)/t11-/m0/s1. The van der Waals surface area contributed by atoms with Crippen LogP contribution in [0.4, 0.5) is 10.1 Å². The summed E-state index contributed by atoms with van der Waals surface area (Å²) in [6.07, 6.45) is -0.203. The second-order valence-corrected chi connectivity index (χ2v) is 4.76. The molecule has 0 radical (unpaired) electrons. The van der Waals surface area contributed by atoms with E-state index in [1.165, 1.54) is 44.4 Å². The van der Waals surface area contributed by atoms with Gasteiger partial charge >= 0.3 is 0 Å². The summed E-state index contributed by atoms with van der Waals surface area (Å²) in [7, 11) is 1.43. The van der Waals surface area contributed by atoms with Gasteiger partial charge in [-0.15, -0.1) is 0 Å². The number of rotatable bonds is 6. The van der Waals surface area contributed by atoms with Crippen molar-refractivity contribution in [3.8, 4) is 11.5 Å². The second kappa shape index (κ2) is 7.40. The fourth-order valence-electron chi connectivity index (χ4n) is 1.90. The zero-order chi connectivity index (χ0) is 16.8.